The molecule has 0 aliphatic carbocycles. The minimum atomic E-state index is 0.0353. The molecule has 0 unspecified atom stereocenters. The number of carbonyl (C=O) groups is 1. The summed E-state index contributed by atoms with van der Waals surface area (Å²) in [4.78, 5) is 12.8. The summed E-state index contributed by atoms with van der Waals surface area (Å²) in [5.74, 6) is 0.0353. The van der Waals surface area contributed by atoms with Crippen molar-refractivity contribution in [2.75, 3.05) is 17.2 Å². The predicted octanol–water partition coefficient (Wildman–Crippen LogP) is 1.64. The van der Waals surface area contributed by atoms with Crippen molar-refractivity contribution in [3.8, 4) is 0 Å². The van der Waals surface area contributed by atoms with E-state index in [1.54, 1.807) is 24.0 Å². The van der Waals surface area contributed by atoms with Gasteiger partial charge in [0.25, 0.3) is 0 Å². The Morgan fingerprint density at radius 2 is 2.23 bits per heavy atom. The van der Waals surface area contributed by atoms with E-state index in [4.69, 9.17) is 5.73 Å². The van der Waals surface area contributed by atoms with Crippen LogP contribution < -0.4 is 10.6 Å². The summed E-state index contributed by atoms with van der Waals surface area (Å²) in [5, 5.41) is 0. The molecule has 0 aliphatic rings. The molecule has 1 rings (SSSR count). The normalized spacial score (nSPS) is 9.69. The molecular weight excluding hydrogens is 164 g/mol. The summed E-state index contributed by atoms with van der Waals surface area (Å²) in [6, 6.07) is 7.32. The van der Waals surface area contributed by atoms with Crippen LogP contribution in [-0.2, 0) is 4.79 Å². The lowest BCUT2D eigenvalue weighted by Crippen LogP contribution is -2.27. The van der Waals surface area contributed by atoms with Crippen LogP contribution in [0.15, 0.2) is 24.3 Å². The second-order valence-electron chi connectivity index (χ2n) is 2.86. The first-order valence-electron chi connectivity index (χ1n) is 4.28. The number of nitrogens with two attached hydrogens (primary N) is 1. The highest BCUT2D eigenvalue weighted by Gasteiger charge is 2.07. The Bertz CT molecular complexity index is 310. The highest BCUT2D eigenvalue weighted by Crippen LogP contribution is 2.17. The van der Waals surface area contributed by atoms with Crippen LogP contribution in [0.1, 0.15) is 13.8 Å². The van der Waals surface area contributed by atoms with Crippen molar-refractivity contribution in [2.24, 2.45) is 0 Å². The average molecular weight is 178 g/mol. The molecule has 3 heteroatoms. The van der Waals surface area contributed by atoms with Crippen molar-refractivity contribution in [3.63, 3.8) is 0 Å². The molecule has 0 heterocycles. The quantitative estimate of drug-likeness (QED) is 0.700. The monoisotopic (exact) mass is 178 g/mol. The molecule has 0 atom stereocenters. The van der Waals surface area contributed by atoms with Crippen LogP contribution in [0.3, 0.4) is 0 Å². The van der Waals surface area contributed by atoms with Gasteiger partial charge in [-0.15, -0.1) is 0 Å². The summed E-state index contributed by atoms with van der Waals surface area (Å²) in [6.45, 7) is 4.15. The van der Waals surface area contributed by atoms with Crippen molar-refractivity contribution >= 4 is 17.3 Å². The number of anilines is 2. The van der Waals surface area contributed by atoms with Gasteiger partial charge in [0.2, 0.25) is 5.91 Å². The average Bonchev–Trinajstić information content (AvgIpc) is 2.04. The van der Waals surface area contributed by atoms with E-state index < -0.39 is 0 Å². The molecular formula is C10H14N2O. The zero-order valence-electron chi connectivity index (χ0n) is 7.95. The third-order valence-electron chi connectivity index (χ3n) is 1.88. The van der Waals surface area contributed by atoms with Crippen LogP contribution >= 0.6 is 0 Å². The van der Waals surface area contributed by atoms with Crippen LogP contribution in [0.5, 0.6) is 0 Å². The second-order valence-corrected chi connectivity index (χ2v) is 2.86. The van der Waals surface area contributed by atoms with Crippen LogP contribution in [0, 0.1) is 0 Å². The van der Waals surface area contributed by atoms with Crippen LogP contribution in [0.4, 0.5) is 11.4 Å². The number of hydrogen-bond donors (Lipinski definition) is 1. The Morgan fingerprint density at radius 3 is 2.69 bits per heavy atom. The number of rotatable bonds is 2. The molecule has 1 aromatic rings. The number of benzene rings is 1. The molecule has 3 nitrogen and oxygen atoms in total. The molecule has 0 saturated heterocycles. The molecule has 0 radical (unpaired) electrons. The highest BCUT2D eigenvalue weighted by atomic mass is 16.2. The number of nitrogen functional groups attached to an aromatic ring is 1. The summed E-state index contributed by atoms with van der Waals surface area (Å²) in [7, 11) is 0. The molecule has 70 valence electrons. The van der Waals surface area contributed by atoms with E-state index in [9.17, 15) is 4.79 Å². The van der Waals surface area contributed by atoms with E-state index in [-0.39, 0.29) is 5.91 Å². The summed E-state index contributed by atoms with van der Waals surface area (Å²) >= 11 is 0. The number of amides is 1. The maximum atomic E-state index is 11.2. The Labute approximate surface area is 78.2 Å². The van der Waals surface area contributed by atoms with Crippen molar-refractivity contribution in [1.29, 1.82) is 0 Å². The van der Waals surface area contributed by atoms with Gasteiger partial charge in [-0.3, -0.25) is 4.79 Å². The molecule has 1 amide bonds. The van der Waals surface area contributed by atoms with Gasteiger partial charge in [-0.05, 0) is 25.1 Å². The second kappa shape index (κ2) is 3.94. The summed E-state index contributed by atoms with van der Waals surface area (Å²) in [6.07, 6.45) is 0. The lowest BCUT2D eigenvalue weighted by atomic mass is 10.2. The first-order valence-corrected chi connectivity index (χ1v) is 4.28. The summed E-state index contributed by atoms with van der Waals surface area (Å²) < 4.78 is 0. The third-order valence-corrected chi connectivity index (χ3v) is 1.88. The largest absolute Gasteiger partial charge is 0.399 e. The molecule has 0 aliphatic heterocycles. The molecule has 0 saturated carbocycles. The molecule has 0 aromatic heterocycles. The van der Waals surface area contributed by atoms with Crippen LogP contribution in [-0.4, -0.2) is 12.5 Å². The van der Waals surface area contributed by atoms with Crippen LogP contribution in [0.2, 0.25) is 0 Å². The zero-order chi connectivity index (χ0) is 9.84. The number of nitrogens with zero attached hydrogens (tertiary/aromatic N) is 1. The standard InChI is InChI=1S/C10H14N2O/c1-3-12(8(2)13)10-6-4-5-9(11)7-10/h4-7H,3,11H2,1-2H3. The van der Waals surface area contributed by atoms with E-state index in [0.29, 0.717) is 12.2 Å². The highest BCUT2D eigenvalue weighted by molar-refractivity contribution is 5.91. The van der Waals surface area contributed by atoms with Crippen molar-refractivity contribution in [2.45, 2.75) is 13.8 Å². The third kappa shape index (κ3) is 2.21. The smallest absolute Gasteiger partial charge is 0.223 e. The van der Waals surface area contributed by atoms with Crippen molar-refractivity contribution < 1.29 is 4.79 Å². The van der Waals surface area contributed by atoms with E-state index >= 15 is 0 Å². The fourth-order valence-electron chi connectivity index (χ4n) is 1.28. The van der Waals surface area contributed by atoms with Gasteiger partial charge in [-0.1, -0.05) is 6.07 Å². The SMILES string of the molecule is CCN(C(C)=O)c1cccc(N)c1. The van der Waals surface area contributed by atoms with Crippen molar-refractivity contribution in [3.05, 3.63) is 24.3 Å². The van der Waals surface area contributed by atoms with Gasteiger partial charge in [0, 0.05) is 24.8 Å². The van der Waals surface area contributed by atoms with E-state index in [2.05, 4.69) is 0 Å². The Hall–Kier alpha value is -1.51. The molecule has 0 fully saturated rings. The maximum absolute atomic E-state index is 11.2. The Morgan fingerprint density at radius 1 is 1.54 bits per heavy atom. The van der Waals surface area contributed by atoms with E-state index in [1.807, 2.05) is 19.1 Å². The Kier molecular flexibility index (Phi) is 2.90. The maximum Gasteiger partial charge on any atom is 0.223 e. The lowest BCUT2D eigenvalue weighted by molar-refractivity contribution is -0.116. The van der Waals surface area contributed by atoms with E-state index in [1.165, 1.54) is 0 Å². The van der Waals surface area contributed by atoms with E-state index in [0.717, 1.165) is 5.69 Å². The van der Waals surface area contributed by atoms with Gasteiger partial charge in [-0.2, -0.15) is 0 Å². The molecule has 13 heavy (non-hydrogen) atoms. The fourth-order valence-corrected chi connectivity index (χ4v) is 1.28. The minimum absolute atomic E-state index is 0.0353. The topological polar surface area (TPSA) is 46.3 Å². The van der Waals surface area contributed by atoms with Gasteiger partial charge >= 0.3 is 0 Å². The van der Waals surface area contributed by atoms with Gasteiger partial charge in [0.05, 0.1) is 0 Å². The molecule has 0 spiro atoms. The molecule has 0 bridgehead atoms. The summed E-state index contributed by atoms with van der Waals surface area (Å²) in [5.41, 5.74) is 7.15. The van der Waals surface area contributed by atoms with Crippen LogP contribution in [0.25, 0.3) is 0 Å². The van der Waals surface area contributed by atoms with Gasteiger partial charge in [0.15, 0.2) is 0 Å². The van der Waals surface area contributed by atoms with Gasteiger partial charge in [-0.25, -0.2) is 0 Å². The number of carbonyl (C=O) groups excluding carboxylic acids is 1. The first-order chi connectivity index (χ1) is 6.15. The lowest BCUT2D eigenvalue weighted by Gasteiger charge is -2.19. The number of hydrogen-bond acceptors (Lipinski definition) is 2. The molecule has 2 N–H and O–H groups in total. The predicted molar refractivity (Wildman–Crippen MR) is 54.6 cm³/mol. The van der Waals surface area contributed by atoms with Crippen molar-refractivity contribution in [1.82, 2.24) is 0 Å². The fraction of sp³-hybridized carbons (Fsp3) is 0.300. The van der Waals surface area contributed by atoms with Gasteiger partial charge in [0.1, 0.15) is 0 Å². The van der Waals surface area contributed by atoms with Gasteiger partial charge < -0.3 is 10.6 Å². The minimum Gasteiger partial charge on any atom is -0.399 e. The molecule has 1 aromatic carbocycles. The first kappa shape index (κ1) is 9.58. The zero-order valence-corrected chi connectivity index (χ0v) is 7.95. The Balaban J connectivity index is 2.98.